The summed E-state index contributed by atoms with van der Waals surface area (Å²) in [5.41, 5.74) is 1.43. The van der Waals surface area contributed by atoms with E-state index in [1.165, 1.54) is 37.9 Å². The van der Waals surface area contributed by atoms with E-state index in [4.69, 9.17) is 4.74 Å². The van der Waals surface area contributed by atoms with Crippen molar-refractivity contribution in [2.45, 2.75) is 45.3 Å². The molecule has 2 aliphatic heterocycles. The summed E-state index contributed by atoms with van der Waals surface area (Å²) in [5.74, 6) is 1.68. The standard InChI is InChI=1S/C18H25NO/c1-15-10-11-17(14-16-8-4-2-5-9-16)18(20-15)19-12-6-3-7-13-19/h2,4-5,8-10,17-18H,3,6-7,11-14H2,1H3. The molecule has 1 saturated heterocycles. The van der Waals surface area contributed by atoms with Crippen LogP contribution in [0.15, 0.2) is 42.2 Å². The molecular weight excluding hydrogens is 246 g/mol. The van der Waals surface area contributed by atoms with Gasteiger partial charge in [0.15, 0.2) is 6.23 Å². The predicted molar refractivity (Wildman–Crippen MR) is 82.3 cm³/mol. The van der Waals surface area contributed by atoms with Gasteiger partial charge < -0.3 is 4.74 Å². The number of hydrogen-bond acceptors (Lipinski definition) is 2. The Hall–Kier alpha value is -1.28. The second-order valence-electron chi connectivity index (χ2n) is 6.11. The lowest BCUT2D eigenvalue weighted by Gasteiger charge is -2.41. The average Bonchev–Trinajstić information content (AvgIpc) is 2.51. The van der Waals surface area contributed by atoms with Gasteiger partial charge in [0, 0.05) is 19.0 Å². The van der Waals surface area contributed by atoms with Crippen LogP contribution < -0.4 is 0 Å². The number of piperidine rings is 1. The van der Waals surface area contributed by atoms with Gasteiger partial charge in [0.1, 0.15) is 0 Å². The number of ether oxygens (including phenoxy) is 1. The summed E-state index contributed by atoms with van der Waals surface area (Å²) in [6.07, 6.45) is 8.81. The second kappa shape index (κ2) is 6.45. The number of likely N-dealkylation sites (tertiary alicyclic amines) is 1. The van der Waals surface area contributed by atoms with Crippen molar-refractivity contribution in [2.24, 2.45) is 5.92 Å². The second-order valence-corrected chi connectivity index (χ2v) is 6.11. The minimum atomic E-state index is 0.278. The third kappa shape index (κ3) is 3.24. The molecule has 0 bridgehead atoms. The van der Waals surface area contributed by atoms with Gasteiger partial charge in [-0.25, -0.2) is 0 Å². The number of rotatable bonds is 3. The van der Waals surface area contributed by atoms with Crippen molar-refractivity contribution in [3.8, 4) is 0 Å². The van der Waals surface area contributed by atoms with E-state index in [-0.39, 0.29) is 6.23 Å². The van der Waals surface area contributed by atoms with Crippen LogP contribution in [-0.4, -0.2) is 24.2 Å². The van der Waals surface area contributed by atoms with Crippen LogP contribution in [0.4, 0.5) is 0 Å². The van der Waals surface area contributed by atoms with Crippen molar-refractivity contribution in [1.29, 1.82) is 0 Å². The summed E-state index contributed by atoms with van der Waals surface area (Å²) in [6, 6.07) is 10.8. The van der Waals surface area contributed by atoms with Gasteiger partial charge >= 0.3 is 0 Å². The molecule has 0 aromatic heterocycles. The maximum Gasteiger partial charge on any atom is 0.155 e. The zero-order chi connectivity index (χ0) is 13.8. The quantitative estimate of drug-likeness (QED) is 0.824. The molecule has 2 nitrogen and oxygen atoms in total. The van der Waals surface area contributed by atoms with Gasteiger partial charge in [-0.2, -0.15) is 0 Å². The molecule has 0 saturated carbocycles. The largest absolute Gasteiger partial charge is 0.480 e. The molecule has 0 amide bonds. The van der Waals surface area contributed by atoms with E-state index >= 15 is 0 Å². The fraction of sp³-hybridized carbons (Fsp3) is 0.556. The molecule has 108 valence electrons. The fourth-order valence-electron chi connectivity index (χ4n) is 3.42. The molecule has 0 radical (unpaired) electrons. The monoisotopic (exact) mass is 271 g/mol. The highest BCUT2D eigenvalue weighted by Gasteiger charge is 2.32. The van der Waals surface area contributed by atoms with Crippen molar-refractivity contribution in [3.05, 3.63) is 47.7 Å². The highest BCUT2D eigenvalue weighted by atomic mass is 16.5. The molecule has 20 heavy (non-hydrogen) atoms. The van der Waals surface area contributed by atoms with Gasteiger partial charge in [0.05, 0.1) is 5.76 Å². The van der Waals surface area contributed by atoms with Gasteiger partial charge in [0.25, 0.3) is 0 Å². The Labute approximate surface area is 122 Å². The van der Waals surface area contributed by atoms with Crippen molar-refractivity contribution < 1.29 is 4.74 Å². The molecule has 1 aromatic rings. The smallest absolute Gasteiger partial charge is 0.155 e. The Morgan fingerprint density at radius 2 is 1.85 bits per heavy atom. The summed E-state index contributed by atoms with van der Waals surface area (Å²) in [4.78, 5) is 2.56. The van der Waals surface area contributed by atoms with Crippen LogP contribution in [0.5, 0.6) is 0 Å². The maximum absolute atomic E-state index is 6.20. The van der Waals surface area contributed by atoms with E-state index in [1.807, 2.05) is 0 Å². The van der Waals surface area contributed by atoms with Crippen LogP contribution in [0.2, 0.25) is 0 Å². The zero-order valence-electron chi connectivity index (χ0n) is 12.4. The molecule has 0 aliphatic carbocycles. The zero-order valence-corrected chi connectivity index (χ0v) is 12.4. The van der Waals surface area contributed by atoms with E-state index in [1.54, 1.807) is 0 Å². The molecule has 2 unspecified atom stereocenters. The van der Waals surface area contributed by atoms with Crippen molar-refractivity contribution in [3.63, 3.8) is 0 Å². The molecule has 2 aliphatic rings. The van der Waals surface area contributed by atoms with E-state index in [9.17, 15) is 0 Å². The molecule has 2 atom stereocenters. The summed E-state index contributed by atoms with van der Waals surface area (Å²) in [5, 5.41) is 0. The number of allylic oxidation sites excluding steroid dienone is 2. The highest BCUT2D eigenvalue weighted by Crippen LogP contribution is 2.30. The first kappa shape index (κ1) is 13.7. The van der Waals surface area contributed by atoms with Gasteiger partial charge in [-0.3, -0.25) is 4.90 Å². The molecule has 2 heteroatoms. The van der Waals surface area contributed by atoms with Gasteiger partial charge in [-0.05, 0) is 44.2 Å². The number of benzene rings is 1. The minimum absolute atomic E-state index is 0.278. The molecule has 2 heterocycles. The summed E-state index contributed by atoms with van der Waals surface area (Å²) in [6.45, 7) is 4.49. The normalized spacial score (nSPS) is 27.8. The van der Waals surface area contributed by atoms with Gasteiger partial charge in [-0.1, -0.05) is 36.8 Å². The molecule has 0 N–H and O–H groups in total. The summed E-state index contributed by atoms with van der Waals surface area (Å²) < 4.78 is 6.20. The third-order valence-corrected chi connectivity index (χ3v) is 4.51. The Bertz CT molecular complexity index is 448. The Balaban J connectivity index is 1.72. The van der Waals surface area contributed by atoms with Crippen LogP contribution in [0.3, 0.4) is 0 Å². The van der Waals surface area contributed by atoms with Crippen molar-refractivity contribution in [2.75, 3.05) is 13.1 Å². The first-order valence-electron chi connectivity index (χ1n) is 7.94. The SMILES string of the molecule is CC1=CCC(Cc2ccccc2)C(N2CCCCC2)O1. The van der Waals surface area contributed by atoms with E-state index in [0.29, 0.717) is 5.92 Å². The lowest BCUT2D eigenvalue weighted by atomic mass is 9.91. The molecule has 3 rings (SSSR count). The predicted octanol–water partition coefficient (Wildman–Crippen LogP) is 3.98. The van der Waals surface area contributed by atoms with Gasteiger partial charge in [0.2, 0.25) is 0 Å². The van der Waals surface area contributed by atoms with Crippen LogP contribution in [0, 0.1) is 5.92 Å². The van der Waals surface area contributed by atoms with E-state index < -0.39 is 0 Å². The Morgan fingerprint density at radius 1 is 1.10 bits per heavy atom. The number of hydrogen-bond donors (Lipinski definition) is 0. The Kier molecular flexibility index (Phi) is 4.41. The third-order valence-electron chi connectivity index (χ3n) is 4.51. The van der Waals surface area contributed by atoms with Crippen molar-refractivity contribution in [1.82, 2.24) is 4.90 Å². The van der Waals surface area contributed by atoms with E-state index in [2.05, 4.69) is 48.2 Å². The van der Waals surface area contributed by atoms with Crippen LogP contribution in [0.25, 0.3) is 0 Å². The maximum atomic E-state index is 6.20. The molecule has 0 spiro atoms. The van der Waals surface area contributed by atoms with Crippen LogP contribution in [0.1, 0.15) is 38.2 Å². The molecule has 1 fully saturated rings. The average molecular weight is 271 g/mol. The molecule has 1 aromatic carbocycles. The van der Waals surface area contributed by atoms with Crippen LogP contribution in [-0.2, 0) is 11.2 Å². The lowest BCUT2D eigenvalue weighted by molar-refractivity contribution is -0.0783. The Morgan fingerprint density at radius 3 is 2.60 bits per heavy atom. The first-order chi connectivity index (χ1) is 9.83. The minimum Gasteiger partial charge on any atom is -0.480 e. The van der Waals surface area contributed by atoms with E-state index in [0.717, 1.165) is 18.6 Å². The number of nitrogens with zero attached hydrogens (tertiary/aromatic N) is 1. The first-order valence-corrected chi connectivity index (χ1v) is 7.94. The highest BCUT2D eigenvalue weighted by molar-refractivity contribution is 5.16. The van der Waals surface area contributed by atoms with Crippen LogP contribution >= 0.6 is 0 Å². The summed E-state index contributed by atoms with van der Waals surface area (Å²) in [7, 11) is 0. The topological polar surface area (TPSA) is 12.5 Å². The van der Waals surface area contributed by atoms with Crippen molar-refractivity contribution >= 4 is 0 Å². The fourth-order valence-corrected chi connectivity index (χ4v) is 3.42. The summed E-state index contributed by atoms with van der Waals surface area (Å²) >= 11 is 0. The lowest BCUT2D eigenvalue weighted by Crippen LogP contribution is -2.46. The van der Waals surface area contributed by atoms with Gasteiger partial charge in [-0.15, -0.1) is 0 Å². The molecular formula is C18H25NO.